The molecule has 1 aliphatic rings. The van der Waals surface area contributed by atoms with Gasteiger partial charge in [0.05, 0.1) is 5.92 Å². The van der Waals surface area contributed by atoms with Gasteiger partial charge in [-0.2, -0.15) is 13.2 Å². The van der Waals surface area contributed by atoms with Gasteiger partial charge in [-0.05, 0) is 19.8 Å². The van der Waals surface area contributed by atoms with Crippen molar-refractivity contribution in [1.82, 2.24) is 9.88 Å². The molecule has 21 heavy (non-hydrogen) atoms. The van der Waals surface area contributed by atoms with Crippen LogP contribution < -0.4 is 10.2 Å². The molecule has 1 saturated carbocycles. The quantitative estimate of drug-likeness (QED) is 0.929. The summed E-state index contributed by atoms with van der Waals surface area (Å²) in [6, 6.07) is -0.888. The van der Waals surface area contributed by atoms with E-state index in [1.807, 2.05) is 0 Å². The fourth-order valence-electron chi connectivity index (χ4n) is 2.69. The molecule has 1 amide bonds. The second-order valence-electron chi connectivity index (χ2n) is 5.34. The molecule has 1 aromatic heterocycles. The second kappa shape index (κ2) is 6.21. The number of aromatic nitrogens is 1. The molecular weight excluding hydrogens is 305 g/mol. The van der Waals surface area contributed by atoms with Crippen molar-refractivity contribution in [1.29, 1.82) is 0 Å². The predicted molar refractivity (Wildman–Crippen MR) is 73.3 cm³/mol. The number of nitrogens with zero attached hydrogens (tertiary/aromatic N) is 1. The number of alkyl halides is 3. The highest BCUT2D eigenvalue weighted by Gasteiger charge is 2.45. The van der Waals surface area contributed by atoms with Gasteiger partial charge in [0.25, 0.3) is 0 Å². The number of hydrogen-bond acceptors (Lipinski definition) is 3. The van der Waals surface area contributed by atoms with Crippen LogP contribution >= 0.6 is 11.3 Å². The maximum absolute atomic E-state index is 12.9. The monoisotopic (exact) mass is 322 g/mol. The first-order valence-corrected chi connectivity index (χ1v) is 7.68. The lowest BCUT2D eigenvalue weighted by Gasteiger charge is -2.33. The van der Waals surface area contributed by atoms with Crippen LogP contribution in [-0.2, 0) is 11.3 Å². The van der Waals surface area contributed by atoms with E-state index in [0.29, 0.717) is 25.0 Å². The van der Waals surface area contributed by atoms with Crippen molar-refractivity contribution >= 4 is 17.2 Å². The van der Waals surface area contributed by atoms with Crippen LogP contribution in [0.5, 0.6) is 0 Å². The third kappa shape index (κ3) is 3.87. The normalized spacial score (nSPS) is 23.0. The Morgan fingerprint density at radius 2 is 2.10 bits per heavy atom. The largest absolute Gasteiger partial charge is 0.393 e. The molecule has 8 heteroatoms. The fourth-order valence-corrected chi connectivity index (χ4v) is 3.42. The predicted octanol–water partition coefficient (Wildman–Crippen LogP) is 2.46. The maximum Gasteiger partial charge on any atom is 0.393 e. The van der Waals surface area contributed by atoms with Crippen LogP contribution in [0.15, 0.2) is 10.2 Å². The van der Waals surface area contributed by atoms with Gasteiger partial charge < -0.3 is 5.32 Å². The number of amides is 1. The van der Waals surface area contributed by atoms with E-state index in [4.69, 9.17) is 0 Å². The van der Waals surface area contributed by atoms with Crippen molar-refractivity contribution in [2.45, 2.75) is 51.4 Å². The molecule has 0 aromatic carbocycles. The fraction of sp³-hybridized carbons (Fsp3) is 0.692. The molecule has 1 heterocycles. The summed E-state index contributed by atoms with van der Waals surface area (Å²) < 4.78 is 40.1. The van der Waals surface area contributed by atoms with Crippen LogP contribution in [0, 0.1) is 12.8 Å². The Labute approximate surface area is 124 Å². The number of hydrogen-bond donors (Lipinski definition) is 1. The molecular formula is C13H17F3N2O2S. The van der Waals surface area contributed by atoms with Gasteiger partial charge >= 0.3 is 11.0 Å². The van der Waals surface area contributed by atoms with E-state index in [2.05, 4.69) is 5.32 Å². The minimum Gasteiger partial charge on any atom is -0.351 e. The zero-order valence-corrected chi connectivity index (χ0v) is 12.4. The average molecular weight is 322 g/mol. The molecule has 118 valence electrons. The summed E-state index contributed by atoms with van der Waals surface area (Å²) in [4.78, 5) is 23.2. The van der Waals surface area contributed by atoms with Crippen LogP contribution in [0.3, 0.4) is 0 Å². The van der Waals surface area contributed by atoms with Crippen LogP contribution in [0.25, 0.3) is 0 Å². The van der Waals surface area contributed by atoms with Gasteiger partial charge in [0.15, 0.2) is 0 Å². The summed E-state index contributed by atoms with van der Waals surface area (Å²) in [5.41, 5.74) is 0.635. The number of aryl methyl sites for hydroxylation is 1. The topological polar surface area (TPSA) is 51.1 Å². The van der Waals surface area contributed by atoms with Gasteiger partial charge in [-0.25, -0.2) is 0 Å². The molecule has 2 unspecified atom stereocenters. The lowest BCUT2D eigenvalue weighted by Crippen LogP contribution is -2.48. The molecule has 0 saturated heterocycles. The minimum absolute atomic E-state index is 0.0475. The van der Waals surface area contributed by atoms with E-state index in [-0.39, 0.29) is 17.8 Å². The minimum atomic E-state index is -4.30. The van der Waals surface area contributed by atoms with E-state index in [1.165, 1.54) is 4.57 Å². The Morgan fingerprint density at radius 1 is 1.43 bits per heavy atom. The van der Waals surface area contributed by atoms with Crippen molar-refractivity contribution < 1.29 is 18.0 Å². The zero-order chi connectivity index (χ0) is 15.6. The SMILES string of the molecule is Cc1csc(=O)n1CC(=O)NC1CCCCC1C(F)(F)F. The maximum atomic E-state index is 12.9. The van der Waals surface area contributed by atoms with Crippen molar-refractivity contribution in [3.63, 3.8) is 0 Å². The number of halogens is 3. The number of carbonyl (C=O) groups is 1. The molecule has 0 spiro atoms. The Kier molecular flexibility index (Phi) is 4.75. The van der Waals surface area contributed by atoms with Gasteiger partial charge in [-0.1, -0.05) is 24.2 Å². The molecule has 1 aromatic rings. The van der Waals surface area contributed by atoms with Crippen LogP contribution in [-0.4, -0.2) is 22.7 Å². The van der Waals surface area contributed by atoms with Crippen LogP contribution in [0.2, 0.25) is 0 Å². The van der Waals surface area contributed by atoms with Crippen molar-refractivity contribution in [3.8, 4) is 0 Å². The van der Waals surface area contributed by atoms with Crippen molar-refractivity contribution in [2.75, 3.05) is 0 Å². The summed E-state index contributed by atoms with van der Waals surface area (Å²) in [5.74, 6) is -2.03. The third-order valence-electron chi connectivity index (χ3n) is 3.81. The van der Waals surface area contributed by atoms with Crippen molar-refractivity contribution in [3.05, 3.63) is 20.7 Å². The van der Waals surface area contributed by atoms with Gasteiger partial charge in [-0.3, -0.25) is 14.2 Å². The van der Waals surface area contributed by atoms with Gasteiger partial charge in [-0.15, -0.1) is 0 Å². The molecule has 1 N–H and O–H groups in total. The van der Waals surface area contributed by atoms with Crippen LogP contribution in [0.1, 0.15) is 31.4 Å². The Morgan fingerprint density at radius 3 is 2.67 bits per heavy atom. The van der Waals surface area contributed by atoms with Crippen molar-refractivity contribution in [2.24, 2.45) is 5.92 Å². The summed E-state index contributed by atoms with van der Waals surface area (Å²) in [5, 5.41) is 4.07. The first kappa shape index (κ1) is 16.1. The summed E-state index contributed by atoms with van der Waals surface area (Å²) >= 11 is 0.971. The molecule has 1 fully saturated rings. The molecule has 0 bridgehead atoms. The molecule has 4 nitrogen and oxygen atoms in total. The van der Waals surface area contributed by atoms with Gasteiger partial charge in [0, 0.05) is 17.1 Å². The molecule has 0 radical (unpaired) electrons. The molecule has 2 atom stereocenters. The number of thiazole rings is 1. The molecule has 1 aliphatic carbocycles. The van der Waals surface area contributed by atoms with Crippen LogP contribution in [0.4, 0.5) is 13.2 Å². The number of carbonyl (C=O) groups excluding carboxylic acids is 1. The zero-order valence-electron chi connectivity index (χ0n) is 11.6. The van der Waals surface area contributed by atoms with E-state index in [1.54, 1.807) is 12.3 Å². The average Bonchev–Trinajstić information content (AvgIpc) is 2.70. The lowest BCUT2D eigenvalue weighted by atomic mass is 9.84. The summed E-state index contributed by atoms with van der Waals surface area (Å²) in [7, 11) is 0. The Balaban J connectivity index is 2.02. The first-order chi connectivity index (χ1) is 9.79. The smallest absolute Gasteiger partial charge is 0.351 e. The van der Waals surface area contributed by atoms with E-state index < -0.39 is 24.0 Å². The third-order valence-corrected chi connectivity index (χ3v) is 4.69. The van der Waals surface area contributed by atoms with E-state index in [9.17, 15) is 22.8 Å². The first-order valence-electron chi connectivity index (χ1n) is 6.80. The number of rotatable bonds is 3. The molecule has 2 rings (SSSR count). The Hall–Kier alpha value is -1.31. The van der Waals surface area contributed by atoms with E-state index >= 15 is 0 Å². The lowest BCUT2D eigenvalue weighted by molar-refractivity contribution is -0.189. The summed E-state index contributed by atoms with van der Waals surface area (Å²) in [6.07, 6.45) is -2.72. The standard InChI is InChI=1S/C13H17F3N2O2S/c1-8-7-21-12(20)18(8)6-11(19)17-10-5-3-2-4-9(10)13(14,15)16/h7,9-10H,2-6H2,1H3,(H,17,19). The summed E-state index contributed by atoms with van der Waals surface area (Å²) in [6.45, 7) is 1.46. The van der Waals surface area contributed by atoms with Gasteiger partial charge in [0.1, 0.15) is 6.54 Å². The van der Waals surface area contributed by atoms with E-state index in [0.717, 1.165) is 11.3 Å². The van der Waals surface area contributed by atoms with Gasteiger partial charge in [0.2, 0.25) is 5.91 Å². The second-order valence-corrected chi connectivity index (χ2v) is 6.16. The highest BCUT2D eigenvalue weighted by Crippen LogP contribution is 2.37. The highest BCUT2D eigenvalue weighted by molar-refractivity contribution is 7.07. The Bertz CT molecular complexity index is 564. The molecule has 0 aliphatic heterocycles. The highest BCUT2D eigenvalue weighted by atomic mass is 32.1. The number of nitrogens with one attached hydrogen (secondary N) is 1.